The van der Waals surface area contributed by atoms with Crippen molar-refractivity contribution in [2.45, 2.75) is 23.3 Å². The van der Waals surface area contributed by atoms with E-state index in [0.29, 0.717) is 21.5 Å². The van der Waals surface area contributed by atoms with E-state index in [1.807, 2.05) is 25.1 Å². The van der Waals surface area contributed by atoms with Crippen molar-refractivity contribution in [3.8, 4) is 11.1 Å². The van der Waals surface area contributed by atoms with Gasteiger partial charge in [0.1, 0.15) is 5.65 Å². The Morgan fingerprint density at radius 3 is 2.35 bits per heavy atom. The Balaban J connectivity index is 1.59. The molecule has 3 heterocycles. The van der Waals surface area contributed by atoms with Gasteiger partial charge in [0.05, 0.1) is 15.2 Å². The maximum atomic E-state index is 13.9. The standard InChI is InChI=1S/C26H27IN4O2S/c1-18-24(27)23-25(34(32,33)21-6-4-3-5-7-21)22(16-28-26(23)29-18)20-10-8-19(9-11-20)17-31-14-12-30(2)13-15-31/h3-11,16H,12-15,17H2,1-2H3,(H,28,29). The number of aromatic amines is 1. The number of rotatable bonds is 5. The molecule has 1 aliphatic rings. The molecule has 2 aromatic heterocycles. The lowest BCUT2D eigenvalue weighted by Gasteiger charge is -2.32. The van der Waals surface area contributed by atoms with Crippen molar-refractivity contribution in [1.29, 1.82) is 0 Å². The lowest BCUT2D eigenvalue weighted by atomic mass is 10.0. The van der Waals surface area contributed by atoms with Crippen molar-refractivity contribution >= 4 is 43.5 Å². The van der Waals surface area contributed by atoms with Crippen LogP contribution in [0.15, 0.2) is 70.6 Å². The molecule has 8 heteroatoms. The number of likely N-dealkylation sites (N-methyl/N-ethyl adjacent to an activating group) is 1. The molecule has 0 aliphatic carbocycles. The summed E-state index contributed by atoms with van der Waals surface area (Å²) in [6, 6.07) is 16.9. The SMILES string of the molecule is Cc1[nH]c2ncc(-c3ccc(CN4CCN(C)CC4)cc3)c(S(=O)(=O)c3ccccc3)c2c1I. The summed E-state index contributed by atoms with van der Waals surface area (Å²) in [5.41, 5.74) is 4.20. The van der Waals surface area contributed by atoms with Gasteiger partial charge in [-0.15, -0.1) is 0 Å². The summed E-state index contributed by atoms with van der Waals surface area (Å²) < 4.78 is 28.7. The number of aryl methyl sites for hydroxylation is 1. The molecule has 0 bridgehead atoms. The smallest absolute Gasteiger partial charge is 0.208 e. The molecular weight excluding hydrogens is 559 g/mol. The average Bonchev–Trinajstić information content (AvgIpc) is 3.14. The van der Waals surface area contributed by atoms with Gasteiger partial charge in [-0.05, 0) is 59.8 Å². The predicted molar refractivity (Wildman–Crippen MR) is 144 cm³/mol. The van der Waals surface area contributed by atoms with Gasteiger partial charge in [0.2, 0.25) is 9.84 Å². The molecule has 4 aromatic rings. The minimum Gasteiger partial charge on any atom is -0.342 e. The Hall–Kier alpha value is -2.27. The number of hydrogen-bond donors (Lipinski definition) is 1. The molecule has 2 aromatic carbocycles. The minimum absolute atomic E-state index is 0.282. The Morgan fingerprint density at radius 1 is 1.00 bits per heavy atom. The summed E-state index contributed by atoms with van der Waals surface area (Å²) in [6.45, 7) is 7.12. The summed E-state index contributed by atoms with van der Waals surface area (Å²) in [7, 11) is -1.61. The van der Waals surface area contributed by atoms with E-state index in [9.17, 15) is 8.42 Å². The van der Waals surface area contributed by atoms with E-state index >= 15 is 0 Å². The number of pyridine rings is 1. The normalized spacial score (nSPS) is 15.7. The van der Waals surface area contributed by atoms with Crippen LogP contribution in [0, 0.1) is 10.5 Å². The summed E-state index contributed by atoms with van der Waals surface area (Å²) in [6.07, 6.45) is 1.68. The molecule has 5 rings (SSSR count). The van der Waals surface area contributed by atoms with Gasteiger partial charge in [0.15, 0.2) is 0 Å². The second-order valence-electron chi connectivity index (χ2n) is 8.88. The molecule has 6 nitrogen and oxygen atoms in total. The van der Waals surface area contributed by atoms with Gasteiger partial charge in [0, 0.05) is 53.7 Å². The van der Waals surface area contributed by atoms with Crippen molar-refractivity contribution in [3.63, 3.8) is 0 Å². The van der Waals surface area contributed by atoms with E-state index in [0.717, 1.165) is 47.6 Å². The number of piperazine rings is 1. The zero-order valence-electron chi connectivity index (χ0n) is 19.3. The van der Waals surface area contributed by atoms with Crippen molar-refractivity contribution in [2.75, 3.05) is 33.2 Å². The molecule has 1 fully saturated rings. The first-order chi connectivity index (χ1) is 16.3. The monoisotopic (exact) mass is 586 g/mol. The Bertz CT molecular complexity index is 1430. The van der Waals surface area contributed by atoms with E-state index in [1.54, 1.807) is 30.5 Å². The van der Waals surface area contributed by atoms with Crippen molar-refractivity contribution in [2.24, 2.45) is 0 Å². The molecule has 0 radical (unpaired) electrons. The first-order valence-electron chi connectivity index (χ1n) is 11.3. The largest absolute Gasteiger partial charge is 0.342 e. The van der Waals surface area contributed by atoms with Gasteiger partial charge in [0.25, 0.3) is 0 Å². The van der Waals surface area contributed by atoms with Crippen LogP contribution in [0.3, 0.4) is 0 Å². The summed E-state index contributed by atoms with van der Waals surface area (Å²) in [5, 5.41) is 0.654. The third kappa shape index (κ3) is 4.39. The van der Waals surface area contributed by atoms with Gasteiger partial charge < -0.3 is 9.88 Å². The quantitative estimate of drug-likeness (QED) is 0.343. The minimum atomic E-state index is -3.77. The van der Waals surface area contributed by atoms with Gasteiger partial charge in [-0.3, -0.25) is 4.90 Å². The molecule has 1 saturated heterocycles. The highest BCUT2D eigenvalue weighted by atomic mass is 127. The molecule has 0 spiro atoms. The lowest BCUT2D eigenvalue weighted by molar-refractivity contribution is 0.148. The fraction of sp³-hybridized carbons (Fsp3) is 0.269. The number of sulfone groups is 1. The Morgan fingerprint density at radius 2 is 1.68 bits per heavy atom. The third-order valence-corrected chi connectivity index (χ3v) is 9.68. The predicted octanol–water partition coefficient (Wildman–Crippen LogP) is 4.72. The fourth-order valence-corrected chi connectivity index (χ4v) is 6.99. The first-order valence-corrected chi connectivity index (χ1v) is 13.9. The molecule has 1 N–H and O–H groups in total. The zero-order chi connectivity index (χ0) is 23.9. The van der Waals surface area contributed by atoms with Crippen molar-refractivity contribution < 1.29 is 8.42 Å². The van der Waals surface area contributed by atoms with Crippen LogP contribution in [-0.2, 0) is 16.4 Å². The highest BCUT2D eigenvalue weighted by molar-refractivity contribution is 14.1. The highest BCUT2D eigenvalue weighted by Crippen LogP contribution is 2.39. The van der Waals surface area contributed by atoms with Crippen LogP contribution in [-0.4, -0.2) is 61.4 Å². The third-order valence-electron chi connectivity index (χ3n) is 6.48. The summed E-state index contributed by atoms with van der Waals surface area (Å²) in [5.74, 6) is 0. The molecular formula is C26H27IN4O2S. The number of hydrogen-bond acceptors (Lipinski definition) is 5. The van der Waals surface area contributed by atoms with E-state index < -0.39 is 9.84 Å². The maximum absolute atomic E-state index is 13.9. The second-order valence-corrected chi connectivity index (χ2v) is 11.8. The van der Waals surface area contributed by atoms with E-state index in [1.165, 1.54) is 5.56 Å². The summed E-state index contributed by atoms with van der Waals surface area (Å²) >= 11 is 2.21. The number of aromatic nitrogens is 2. The zero-order valence-corrected chi connectivity index (χ0v) is 22.2. The number of fused-ring (bicyclic) bond motifs is 1. The lowest BCUT2D eigenvalue weighted by Crippen LogP contribution is -2.43. The van der Waals surface area contributed by atoms with Gasteiger partial charge in [-0.25, -0.2) is 13.4 Å². The van der Waals surface area contributed by atoms with Crippen LogP contribution in [0.1, 0.15) is 11.3 Å². The molecule has 34 heavy (non-hydrogen) atoms. The fourth-order valence-electron chi connectivity index (χ4n) is 4.47. The second kappa shape index (κ2) is 9.41. The molecule has 1 aliphatic heterocycles. The van der Waals surface area contributed by atoms with Crippen LogP contribution in [0.2, 0.25) is 0 Å². The molecule has 0 amide bonds. The molecule has 176 valence electrons. The van der Waals surface area contributed by atoms with Gasteiger partial charge in [-0.1, -0.05) is 42.5 Å². The number of nitrogens with one attached hydrogen (secondary N) is 1. The van der Waals surface area contributed by atoms with E-state index in [2.05, 4.69) is 61.5 Å². The van der Waals surface area contributed by atoms with Crippen LogP contribution < -0.4 is 0 Å². The first kappa shape index (κ1) is 23.5. The van der Waals surface area contributed by atoms with Gasteiger partial charge >= 0.3 is 0 Å². The van der Waals surface area contributed by atoms with Crippen molar-refractivity contribution in [1.82, 2.24) is 19.8 Å². The van der Waals surface area contributed by atoms with E-state index in [4.69, 9.17) is 0 Å². The number of nitrogens with zero attached hydrogens (tertiary/aromatic N) is 3. The van der Waals surface area contributed by atoms with Crippen LogP contribution in [0.4, 0.5) is 0 Å². The van der Waals surface area contributed by atoms with Crippen LogP contribution >= 0.6 is 22.6 Å². The topological polar surface area (TPSA) is 69.3 Å². The Labute approximate surface area is 214 Å². The summed E-state index contributed by atoms with van der Waals surface area (Å²) in [4.78, 5) is 13.2. The maximum Gasteiger partial charge on any atom is 0.208 e. The van der Waals surface area contributed by atoms with Crippen LogP contribution in [0.25, 0.3) is 22.2 Å². The molecule has 0 unspecified atom stereocenters. The Kier molecular flexibility index (Phi) is 6.49. The highest BCUT2D eigenvalue weighted by Gasteiger charge is 2.28. The number of benzene rings is 2. The van der Waals surface area contributed by atoms with E-state index in [-0.39, 0.29) is 4.90 Å². The average molecular weight is 586 g/mol. The number of halogens is 1. The molecule has 0 atom stereocenters. The molecule has 0 saturated carbocycles. The number of H-pyrrole nitrogens is 1. The van der Waals surface area contributed by atoms with Crippen molar-refractivity contribution in [3.05, 3.63) is 75.6 Å². The van der Waals surface area contributed by atoms with Crippen LogP contribution in [0.5, 0.6) is 0 Å². The van der Waals surface area contributed by atoms with Gasteiger partial charge in [-0.2, -0.15) is 0 Å².